The third kappa shape index (κ3) is 3.56. The number of thioether (sulfide) groups is 1. The van der Waals surface area contributed by atoms with E-state index in [2.05, 4.69) is 66.5 Å². The molecule has 0 fully saturated rings. The van der Waals surface area contributed by atoms with Gasteiger partial charge in [0.15, 0.2) is 5.16 Å². The van der Waals surface area contributed by atoms with Gasteiger partial charge in [-0.1, -0.05) is 42.1 Å². The van der Waals surface area contributed by atoms with Crippen LogP contribution in [0.1, 0.15) is 34.7 Å². The Morgan fingerprint density at radius 1 is 1.21 bits per heavy atom. The third-order valence-corrected chi connectivity index (χ3v) is 6.50. The minimum Gasteiger partial charge on any atom is -0.338 e. The molecule has 28 heavy (non-hydrogen) atoms. The Morgan fingerprint density at radius 3 is 2.86 bits per heavy atom. The van der Waals surface area contributed by atoms with Gasteiger partial charge in [-0.15, -0.1) is 10.2 Å². The van der Waals surface area contributed by atoms with Crippen LogP contribution in [0.2, 0.25) is 0 Å². The van der Waals surface area contributed by atoms with Crippen LogP contribution in [-0.4, -0.2) is 38.4 Å². The van der Waals surface area contributed by atoms with Crippen molar-refractivity contribution in [2.45, 2.75) is 37.9 Å². The summed E-state index contributed by atoms with van der Waals surface area (Å²) in [6.07, 6.45) is 3.73. The molecule has 144 valence electrons. The van der Waals surface area contributed by atoms with Crippen molar-refractivity contribution >= 4 is 17.7 Å². The van der Waals surface area contributed by atoms with Crippen molar-refractivity contribution in [2.24, 2.45) is 0 Å². The molecule has 0 aliphatic heterocycles. The van der Waals surface area contributed by atoms with Gasteiger partial charge in [0.2, 0.25) is 5.91 Å². The molecule has 0 radical (unpaired) electrons. The number of rotatable bonds is 5. The largest absolute Gasteiger partial charge is 0.338 e. The Bertz CT molecular complexity index is 1010. The first-order valence-electron chi connectivity index (χ1n) is 9.48. The highest BCUT2D eigenvalue weighted by molar-refractivity contribution is 7.99. The van der Waals surface area contributed by atoms with Crippen LogP contribution in [0.3, 0.4) is 0 Å². The summed E-state index contributed by atoms with van der Waals surface area (Å²) in [5.74, 6) is 0.458. The quantitative estimate of drug-likeness (QED) is 0.613. The van der Waals surface area contributed by atoms with Crippen molar-refractivity contribution in [1.82, 2.24) is 19.7 Å². The molecule has 0 N–H and O–H groups in total. The summed E-state index contributed by atoms with van der Waals surface area (Å²) in [6, 6.07) is 14.9. The van der Waals surface area contributed by atoms with Gasteiger partial charge in [0.05, 0.1) is 11.8 Å². The predicted octanol–water partition coefficient (Wildman–Crippen LogP) is 4.12. The lowest BCUT2D eigenvalue weighted by Gasteiger charge is -2.25. The highest BCUT2D eigenvalue weighted by atomic mass is 32.2. The number of aryl methyl sites for hydroxylation is 3. The maximum Gasteiger partial charge on any atom is 0.233 e. The zero-order chi connectivity index (χ0) is 19.7. The summed E-state index contributed by atoms with van der Waals surface area (Å²) in [6.45, 7) is 4.19. The molecule has 1 amide bonds. The van der Waals surface area contributed by atoms with Crippen LogP contribution < -0.4 is 0 Å². The molecule has 5 nitrogen and oxygen atoms in total. The number of benzene rings is 2. The molecule has 4 rings (SSSR count). The highest BCUT2D eigenvalue weighted by Crippen LogP contribution is 2.35. The molecule has 2 aromatic carbocycles. The summed E-state index contributed by atoms with van der Waals surface area (Å²) in [5, 5.41) is 9.00. The van der Waals surface area contributed by atoms with E-state index in [0.717, 1.165) is 23.7 Å². The lowest BCUT2D eigenvalue weighted by Crippen LogP contribution is -2.31. The molecule has 1 aromatic heterocycles. The maximum absolute atomic E-state index is 12.8. The van der Waals surface area contributed by atoms with Crippen LogP contribution in [0.25, 0.3) is 5.69 Å². The van der Waals surface area contributed by atoms with Crippen LogP contribution >= 0.6 is 11.8 Å². The Hall–Kier alpha value is -2.60. The summed E-state index contributed by atoms with van der Waals surface area (Å²) in [7, 11) is 1.91. The molecule has 3 aromatic rings. The number of hydrogen-bond acceptors (Lipinski definition) is 4. The van der Waals surface area contributed by atoms with Gasteiger partial charge < -0.3 is 4.90 Å². The molecule has 0 spiro atoms. The van der Waals surface area contributed by atoms with Crippen LogP contribution in [0, 0.1) is 13.8 Å². The summed E-state index contributed by atoms with van der Waals surface area (Å²) < 4.78 is 1.94. The van der Waals surface area contributed by atoms with Gasteiger partial charge in [-0.3, -0.25) is 9.36 Å². The molecular weight excluding hydrogens is 368 g/mol. The van der Waals surface area contributed by atoms with Crippen molar-refractivity contribution in [3.63, 3.8) is 0 Å². The molecule has 1 heterocycles. The second-order valence-corrected chi connectivity index (χ2v) is 8.24. The number of fused-ring (bicyclic) bond motifs is 1. The molecule has 1 atom stereocenters. The van der Waals surface area contributed by atoms with Crippen molar-refractivity contribution < 1.29 is 4.79 Å². The molecule has 0 saturated heterocycles. The monoisotopic (exact) mass is 392 g/mol. The van der Waals surface area contributed by atoms with Gasteiger partial charge in [-0.2, -0.15) is 0 Å². The van der Waals surface area contributed by atoms with Crippen LogP contribution in [0.4, 0.5) is 0 Å². The minimum atomic E-state index is 0.112. The molecule has 1 unspecified atom stereocenters. The predicted molar refractivity (Wildman–Crippen MR) is 112 cm³/mol. The standard InChI is InChI=1S/C22H24N4OS/c1-15-8-10-18(12-16(15)2)26-14-23-24-22(26)28-13-21(27)25(3)20-11-9-17-6-4-5-7-19(17)20/h4-8,10,12,14,20H,9,11,13H2,1-3H3. The van der Waals surface area contributed by atoms with Crippen molar-refractivity contribution in [3.05, 3.63) is 71.0 Å². The molecule has 0 saturated carbocycles. The second-order valence-electron chi connectivity index (χ2n) is 7.30. The summed E-state index contributed by atoms with van der Waals surface area (Å²) in [4.78, 5) is 14.7. The van der Waals surface area contributed by atoms with Crippen LogP contribution in [-0.2, 0) is 11.2 Å². The van der Waals surface area contributed by atoms with Crippen LogP contribution in [0.5, 0.6) is 0 Å². The Kier molecular flexibility index (Phi) is 5.22. The van der Waals surface area contributed by atoms with E-state index >= 15 is 0 Å². The van der Waals surface area contributed by atoms with E-state index in [1.54, 1.807) is 6.33 Å². The highest BCUT2D eigenvalue weighted by Gasteiger charge is 2.28. The van der Waals surface area contributed by atoms with E-state index in [1.807, 2.05) is 16.5 Å². The van der Waals surface area contributed by atoms with E-state index in [4.69, 9.17) is 0 Å². The number of amides is 1. The molecular formula is C22H24N4OS. The fourth-order valence-electron chi connectivity index (χ4n) is 3.71. The summed E-state index contributed by atoms with van der Waals surface area (Å²) in [5.41, 5.74) is 6.12. The van der Waals surface area contributed by atoms with Gasteiger partial charge in [0.25, 0.3) is 0 Å². The number of aromatic nitrogens is 3. The van der Waals surface area contributed by atoms with Crippen molar-refractivity contribution in [1.29, 1.82) is 0 Å². The lowest BCUT2D eigenvalue weighted by molar-refractivity contribution is -0.129. The average molecular weight is 393 g/mol. The van der Waals surface area contributed by atoms with Gasteiger partial charge in [-0.25, -0.2) is 0 Å². The van der Waals surface area contributed by atoms with Gasteiger partial charge in [-0.05, 0) is 61.1 Å². The first kappa shape index (κ1) is 18.7. The zero-order valence-electron chi connectivity index (χ0n) is 16.4. The van der Waals surface area contributed by atoms with Gasteiger partial charge in [0, 0.05) is 12.7 Å². The first-order valence-corrected chi connectivity index (χ1v) is 10.5. The number of carbonyl (C=O) groups is 1. The van der Waals surface area contributed by atoms with Gasteiger partial charge in [0.1, 0.15) is 6.33 Å². The van der Waals surface area contributed by atoms with E-state index in [-0.39, 0.29) is 11.9 Å². The second kappa shape index (κ2) is 7.80. The normalized spacial score (nSPS) is 15.5. The summed E-state index contributed by atoms with van der Waals surface area (Å²) >= 11 is 1.43. The van der Waals surface area contributed by atoms with E-state index in [1.165, 1.54) is 34.0 Å². The third-order valence-electron chi connectivity index (χ3n) is 5.57. The van der Waals surface area contributed by atoms with E-state index in [9.17, 15) is 4.79 Å². The molecule has 6 heteroatoms. The van der Waals surface area contributed by atoms with Crippen molar-refractivity contribution in [3.8, 4) is 5.69 Å². The topological polar surface area (TPSA) is 51.0 Å². The SMILES string of the molecule is Cc1ccc(-n2cnnc2SCC(=O)N(C)C2CCc3ccccc32)cc1C. The lowest BCUT2D eigenvalue weighted by atomic mass is 10.1. The Labute approximate surface area is 169 Å². The Morgan fingerprint density at radius 2 is 2.04 bits per heavy atom. The zero-order valence-corrected chi connectivity index (χ0v) is 17.2. The molecule has 0 bridgehead atoms. The smallest absolute Gasteiger partial charge is 0.233 e. The molecule has 1 aliphatic carbocycles. The van der Waals surface area contributed by atoms with Crippen molar-refractivity contribution in [2.75, 3.05) is 12.8 Å². The Balaban J connectivity index is 1.45. The number of carbonyl (C=O) groups excluding carboxylic acids is 1. The average Bonchev–Trinajstić information content (AvgIpc) is 3.34. The van der Waals surface area contributed by atoms with Gasteiger partial charge >= 0.3 is 0 Å². The maximum atomic E-state index is 12.8. The van der Waals surface area contributed by atoms with E-state index in [0.29, 0.717) is 5.75 Å². The van der Waals surface area contributed by atoms with Crippen LogP contribution in [0.15, 0.2) is 53.9 Å². The fourth-order valence-corrected chi connectivity index (χ4v) is 4.57. The number of nitrogens with zero attached hydrogens (tertiary/aromatic N) is 4. The van der Waals surface area contributed by atoms with E-state index < -0.39 is 0 Å². The fraction of sp³-hybridized carbons (Fsp3) is 0.318. The molecule has 1 aliphatic rings. The first-order chi connectivity index (χ1) is 13.5. The minimum absolute atomic E-state index is 0.112. The number of hydrogen-bond donors (Lipinski definition) is 0.